The molecule has 84 valence electrons. The van der Waals surface area contributed by atoms with E-state index in [0.717, 1.165) is 12.8 Å². The monoisotopic (exact) mass is 216 g/mol. The van der Waals surface area contributed by atoms with E-state index < -0.39 is 0 Å². The molecule has 1 aliphatic rings. The molecule has 1 aromatic carbocycles. The van der Waals surface area contributed by atoms with Crippen LogP contribution in [0.4, 0.5) is 0 Å². The summed E-state index contributed by atoms with van der Waals surface area (Å²) in [5.74, 6) is 0.154. The van der Waals surface area contributed by atoms with E-state index in [1.54, 1.807) is 0 Å². The lowest BCUT2D eigenvalue weighted by Gasteiger charge is -2.30. The molecule has 0 radical (unpaired) electrons. The van der Waals surface area contributed by atoms with E-state index in [-0.39, 0.29) is 11.4 Å². The Hall–Kier alpha value is -1.57. The molecule has 0 amide bonds. The fraction of sp³-hybridized carbons (Fsp3) is 0.357. The molecule has 1 unspecified atom stereocenters. The summed E-state index contributed by atoms with van der Waals surface area (Å²) >= 11 is 0. The van der Waals surface area contributed by atoms with E-state index in [9.17, 15) is 4.79 Å². The number of rotatable bonds is 3. The van der Waals surface area contributed by atoms with Crippen LogP contribution in [0.3, 0.4) is 0 Å². The Bertz CT molecular complexity index is 394. The van der Waals surface area contributed by atoms with Crippen LogP contribution in [0.2, 0.25) is 0 Å². The minimum Gasteiger partial charge on any atom is -0.495 e. The van der Waals surface area contributed by atoms with Crippen molar-refractivity contribution >= 4 is 5.78 Å². The molecule has 0 aromatic heterocycles. The summed E-state index contributed by atoms with van der Waals surface area (Å²) in [6.45, 7) is 2.00. The summed E-state index contributed by atoms with van der Waals surface area (Å²) in [6.07, 6.45) is 5.32. The Labute approximate surface area is 95.9 Å². The second kappa shape index (κ2) is 4.52. The van der Waals surface area contributed by atoms with Gasteiger partial charge in [0, 0.05) is 12.5 Å². The van der Waals surface area contributed by atoms with Crippen molar-refractivity contribution in [2.75, 3.05) is 0 Å². The van der Waals surface area contributed by atoms with Crippen molar-refractivity contribution in [1.82, 2.24) is 0 Å². The van der Waals surface area contributed by atoms with Crippen LogP contribution in [0.15, 0.2) is 42.7 Å². The lowest BCUT2D eigenvalue weighted by Crippen LogP contribution is -2.32. The third-order valence-corrected chi connectivity index (χ3v) is 2.94. The van der Waals surface area contributed by atoms with Gasteiger partial charge in [0.1, 0.15) is 5.60 Å². The summed E-state index contributed by atoms with van der Waals surface area (Å²) in [4.78, 5) is 11.3. The van der Waals surface area contributed by atoms with Crippen molar-refractivity contribution in [3.8, 4) is 0 Å². The maximum absolute atomic E-state index is 11.3. The second-order valence-corrected chi connectivity index (χ2v) is 4.50. The fourth-order valence-corrected chi connectivity index (χ4v) is 1.94. The lowest BCUT2D eigenvalue weighted by molar-refractivity contribution is -0.121. The van der Waals surface area contributed by atoms with Gasteiger partial charge in [-0.15, -0.1) is 0 Å². The highest BCUT2D eigenvalue weighted by atomic mass is 16.5. The molecule has 1 aliphatic heterocycles. The van der Waals surface area contributed by atoms with Crippen LogP contribution in [0, 0.1) is 0 Å². The zero-order valence-corrected chi connectivity index (χ0v) is 9.48. The van der Waals surface area contributed by atoms with Crippen LogP contribution < -0.4 is 0 Å². The van der Waals surface area contributed by atoms with Gasteiger partial charge in [-0.3, -0.25) is 4.79 Å². The molecule has 0 bridgehead atoms. The van der Waals surface area contributed by atoms with E-state index in [2.05, 4.69) is 12.1 Å². The van der Waals surface area contributed by atoms with Crippen LogP contribution in [0.25, 0.3) is 0 Å². The van der Waals surface area contributed by atoms with Crippen molar-refractivity contribution in [2.24, 2.45) is 0 Å². The van der Waals surface area contributed by atoms with Gasteiger partial charge >= 0.3 is 0 Å². The molecule has 16 heavy (non-hydrogen) atoms. The molecule has 2 heteroatoms. The molecule has 2 nitrogen and oxygen atoms in total. The van der Waals surface area contributed by atoms with Gasteiger partial charge in [-0.25, -0.2) is 0 Å². The zero-order valence-electron chi connectivity index (χ0n) is 9.48. The maximum atomic E-state index is 11.3. The van der Waals surface area contributed by atoms with Gasteiger partial charge in [0.2, 0.25) is 0 Å². The summed E-state index contributed by atoms with van der Waals surface area (Å²) in [5.41, 5.74) is 0.955. The van der Waals surface area contributed by atoms with Gasteiger partial charge in [-0.1, -0.05) is 30.3 Å². The van der Waals surface area contributed by atoms with Crippen LogP contribution in [0.5, 0.6) is 0 Å². The van der Waals surface area contributed by atoms with Gasteiger partial charge in [0.15, 0.2) is 5.78 Å². The van der Waals surface area contributed by atoms with E-state index >= 15 is 0 Å². The first-order valence-electron chi connectivity index (χ1n) is 5.59. The molecule has 2 rings (SSSR count). The number of benzene rings is 1. The molecule has 0 spiro atoms. The van der Waals surface area contributed by atoms with Crippen molar-refractivity contribution in [3.63, 3.8) is 0 Å². The lowest BCUT2D eigenvalue weighted by atomic mass is 9.90. The summed E-state index contributed by atoms with van der Waals surface area (Å²) in [7, 11) is 0. The third-order valence-electron chi connectivity index (χ3n) is 2.94. The predicted molar refractivity (Wildman–Crippen MR) is 63.0 cm³/mol. The van der Waals surface area contributed by atoms with Crippen LogP contribution in [0.1, 0.15) is 25.3 Å². The maximum Gasteiger partial charge on any atom is 0.162 e. The Kier molecular flexibility index (Phi) is 3.09. The first-order chi connectivity index (χ1) is 7.68. The van der Waals surface area contributed by atoms with Crippen molar-refractivity contribution < 1.29 is 9.53 Å². The van der Waals surface area contributed by atoms with Crippen LogP contribution in [-0.2, 0) is 16.0 Å². The quantitative estimate of drug-likeness (QED) is 0.776. The topological polar surface area (TPSA) is 26.3 Å². The number of ether oxygens (including phenoxy) is 1. The van der Waals surface area contributed by atoms with Crippen molar-refractivity contribution in [3.05, 3.63) is 48.2 Å². The standard InChI is InChI=1S/C14H16O2/c1-14(11-13(15)8-10-16-14)9-7-12-5-3-2-4-6-12/h2-6,8,10H,7,9,11H2,1H3. The van der Waals surface area contributed by atoms with Gasteiger partial charge in [-0.05, 0) is 25.3 Å². The van der Waals surface area contributed by atoms with E-state index in [1.807, 2.05) is 25.1 Å². The van der Waals surface area contributed by atoms with Crippen LogP contribution >= 0.6 is 0 Å². The molecule has 1 aromatic rings. The molecule has 0 saturated heterocycles. The molecule has 1 atom stereocenters. The van der Waals surface area contributed by atoms with Gasteiger partial charge in [0.25, 0.3) is 0 Å². The fourth-order valence-electron chi connectivity index (χ4n) is 1.94. The predicted octanol–water partition coefficient (Wildman–Crippen LogP) is 2.88. The molecule has 0 N–H and O–H groups in total. The Morgan fingerprint density at radius 3 is 2.75 bits per heavy atom. The summed E-state index contributed by atoms with van der Waals surface area (Å²) < 4.78 is 5.56. The Morgan fingerprint density at radius 1 is 1.31 bits per heavy atom. The van der Waals surface area contributed by atoms with Gasteiger partial charge in [0.05, 0.1) is 6.26 Å². The number of carbonyl (C=O) groups is 1. The number of aryl methyl sites for hydroxylation is 1. The number of carbonyl (C=O) groups excluding carboxylic acids is 1. The van der Waals surface area contributed by atoms with Gasteiger partial charge < -0.3 is 4.74 Å². The molecule has 0 fully saturated rings. The SMILES string of the molecule is CC1(CCc2ccccc2)CC(=O)C=CO1. The smallest absolute Gasteiger partial charge is 0.162 e. The first kappa shape index (κ1) is 10.9. The van der Waals surface area contributed by atoms with Crippen molar-refractivity contribution in [1.29, 1.82) is 0 Å². The molecular formula is C14H16O2. The van der Waals surface area contributed by atoms with Crippen molar-refractivity contribution in [2.45, 2.75) is 31.8 Å². The summed E-state index contributed by atoms with van der Waals surface area (Å²) in [6, 6.07) is 10.3. The highest BCUT2D eigenvalue weighted by molar-refractivity contribution is 5.90. The molecule has 0 saturated carbocycles. The average Bonchev–Trinajstić information content (AvgIpc) is 2.28. The molecule has 1 heterocycles. The van der Waals surface area contributed by atoms with Gasteiger partial charge in [-0.2, -0.15) is 0 Å². The van der Waals surface area contributed by atoms with E-state index in [4.69, 9.17) is 4.74 Å². The number of allylic oxidation sites excluding steroid dienone is 1. The normalized spacial score (nSPS) is 24.2. The minimum atomic E-state index is -0.332. The minimum absolute atomic E-state index is 0.154. The molecular weight excluding hydrogens is 200 g/mol. The Balaban J connectivity index is 1.95. The largest absolute Gasteiger partial charge is 0.495 e. The average molecular weight is 216 g/mol. The summed E-state index contributed by atoms with van der Waals surface area (Å²) in [5, 5.41) is 0. The van der Waals surface area contributed by atoms with E-state index in [1.165, 1.54) is 17.9 Å². The highest BCUT2D eigenvalue weighted by Gasteiger charge is 2.29. The van der Waals surface area contributed by atoms with E-state index in [0.29, 0.717) is 6.42 Å². The number of hydrogen-bond acceptors (Lipinski definition) is 2. The molecule has 0 aliphatic carbocycles. The number of ketones is 1. The highest BCUT2D eigenvalue weighted by Crippen LogP contribution is 2.26. The zero-order chi connectivity index (χ0) is 11.4. The number of hydrogen-bond donors (Lipinski definition) is 0. The third kappa shape index (κ3) is 2.72. The first-order valence-corrected chi connectivity index (χ1v) is 5.59. The second-order valence-electron chi connectivity index (χ2n) is 4.50. The van der Waals surface area contributed by atoms with Crippen LogP contribution in [-0.4, -0.2) is 11.4 Å². The Morgan fingerprint density at radius 2 is 2.06 bits per heavy atom.